The molecule has 2 aromatic rings. The van der Waals surface area contributed by atoms with Crippen molar-refractivity contribution >= 4 is 38.9 Å². The third-order valence-corrected chi connectivity index (χ3v) is 6.14. The fourth-order valence-electron chi connectivity index (χ4n) is 2.32. The summed E-state index contributed by atoms with van der Waals surface area (Å²) in [5, 5.41) is 5.46. The number of carbonyl (C=O) groups excluding carboxylic acids is 1. The number of sulfonamides is 1. The van der Waals surface area contributed by atoms with Crippen LogP contribution in [0.3, 0.4) is 0 Å². The van der Waals surface area contributed by atoms with Crippen molar-refractivity contribution in [3.63, 3.8) is 0 Å². The predicted octanol–water partition coefficient (Wildman–Crippen LogP) is 3.40. The Morgan fingerprint density at radius 3 is 2.44 bits per heavy atom. The zero-order chi connectivity index (χ0) is 20.4. The topological polar surface area (TPSA) is 78.5 Å². The van der Waals surface area contributed by atoms with Crippen LogP contribution in [0, 0.1) is 19.7 Å². The molecule has 0 aromatic heterocycles. The average molecular weight is 414 g/mol. The van der Waals surface area contributed by atoms with Gasteiger partial charge in [-0.15, -0.1) is 0 Å². The van der Waals surface area contributed by atoms with Crippen LogP contribution in [-0.4, -0.2) is 39.3 Å². The maximum absolute atomic E-state index is 13.2. The van der Waals surface area contributed by atoms with E-state index in [4.69, 9.17) is 11.6 Å². The molecule has 0 spiro atoms. The zero-order valence-electron chi connectivity index (χ0n) is 15.4. The molecule has 0 saturated heterocycles. The Kier molecular flexibility index (Phi) is 6.46. The van der Waals surface area contributed by atoms with E-state index in [1.807, 2.05) is 6.92 Å². The molecule has 27 heavy (non-hydrogen) atoms. The zero-order valence-corrected chi connectivity index (χ0v) is 17.0. The molecule has 0 heterocycles. The summed E-state index contributed by atoms with van der Waals surface area (Å²) in [6.07, 6.45) is 0. The van der Waals surface area contributed by atoms with Gasteiger partial charge in [0.05, 0.1) is 16.5 Å². The average Bonchev–Trinajstić information content (AvgIpc) is 2.59. The van der Waals surface area contributed by atoms with Gasteiger partial charge in [-0.3, -0.25) is 4.79 Å². The minimum absolute atomic E-state index is 0.0891. The smallest absolute Gasteiger partial charge is 0.243 e. The minimum Gasteiger partial charge on any atom is -0.376 e. The van der Waals surface area contributed by atoms with Gasteiger partial charge in [-0.2, -0.15) is 0 Å². The van der Waals surface area contributed by atoms with Crippen molar-refractivity contribution < 1.29 is 17.6 Å². The highest BCUT2D eigenvalue weighted by atomic mass is 35.5. The summed E-state index contributed by atoms with van der Waals surface area (Å²) in [5.41, 5.74) is 2.53. The van der Waals surface area contributed by atoms with Gasteiger partial charge in [-0.05, 0) is 55.3 Å². The summed E-state index contributed by atoms with van der Waals surface area (Å²) in [6, 6.07) is 6.97. The summed E-state index contributed by atoms with van der Waals surface area (Å²) in [6.45, 7) is 3.54. The van der Waals surface area contributed by atoms with Crippen molar-refractivity contribution in [1.29, 1.82) is 0 Å². The molecular weight excluding hydrogens is 393 g/mol. The fraction of sp³-hybridized carbons (Fsp3) is 0.278. The van der Waals surface area contributed by atoms with E-state index in [0.29, 0.717) is 11.4 Å². The molecule has 2 rings (SSSR count). The number of hydrogen-bond donors (Lipinski definition) is 2. The number of halogens is 2. The van der Waals surface area contributed by atoms with E-state index >= 15 is 0 Å². The number of aryl methyl sites for hydroxylation is 1. The summed E-state index contributed by atoms with van der Waals surface area (Å²) in [5.74, 6) is -0.951. The van der Waals surface area contributed by atoms with Gasteiger partial charge >= 0.3 is 0 Å². The first kappa shape index (κ1) is 21.1. The lowest BCUT2D eigenvalue weighted by Gasteiger charge is -2.17. The van der Waals surface area contributed by atoms with Gasteiger partial charge in [0.15, 0.2) is 0 Å². The molecule has 6 nitrogen and oxygen atoms in total. The maximum Gasteiger partial charge on any atom is 0.243 e. The van der Waals surface area contributed by atoms with Crippen LogP contribution in [0.15, 0.2) is 35.2 Å². The summed E-state index contributed by atoms with van der Waals surface area (Å²) in [4.78, 5) is 12.3. The number of carbonyl (C=O) groups is 1. The summed E-state index contributed by atoms with van der Waals surface area (Å²) in [7, 11) is -0.678. The number of anilines is 2. The Hall–Kier alpha value is -2.16. The number of nitrogens with one attached hydrogen (secondary N) is 2. The van der Waals surface area contributed by atoms with Gasteiger partial charge in [0.2, 0.25) is 15.9 Å². The molecular formula is C18H21ClFN3O3S. The van der Waals surface area contributed by atoms with Crippen molar-refractivity contribution in [1.82, 2.24) is 4.31 Å². The van der Waals surface area contributed by atoms with E-state index in [9.17, 15) is 17.6 Å². The van der Waals surface area contributed by atoms with E-state index in [-0.39, 0.29) is 22.4 Å². The SMILES string of the molecule is Cc1cc(S(=O)(=O)N(C)C)cc(NCC(=O)Nc2ccc(F)c(Cl)c2)c1C. The van der Waals surface area contributed by atoms with Crippen molar-refractivity contribution in [3.05, 3.63) is 52.3 Å². The summed E-state index contributed by atoms with van der Waals surface area (Å²) < 4.78 is 39.0. The van der Waals surface area contributed by atoms with Crippen LogP contribution in [0.4, 0.5) is 15.8 Å². The largest absolute Gasteiger partial charge is 0.376 e. The monoisotopic (exact) mass is 413 g/mol. The van der Waals surface area contributed by atoms with Crippen molar-refractivity contribution in [2.45, 2.75) is 18.7 Å². The molecule has 146 valence electrons. The first-order chi connectivity index (χ1) is 12.5. The summed E-state index contributed by atoms with van der Waals surface area (Å²) >= 11 is 5.69. The van der Waals surface area contributed by atoms with Gasteiger partial charge in [-0.1, -0.05) is 11.6 Å². The van der Waals surface area contributed by atoms with Gasteiger partial charge in [0.1, 0.15) is 5.82 Å². The molecule has 0 aliphatic carbocycles. The van der Waals surface area contributed by atoms with Crippen molar-refractivity contribution in [2.24, 2.45) is 0 Å². The van der Waals surface area contributed by atoms with E-state index in [0.717, 1.165) is 21.5 Å². The highest BCUT2D eigenvalue weighted by molar-refractivity contribution is 7.89. The third kappa shape index (κ3) is 4.97. The predicted molar refractivity (Wildman–Crippen MR) is 105 cm³/mol. The van der Waals surface area contributed by atoms with Crippen molar-refractivity contribution in [2.75, 3.05) is 31.3 Å². The quantitative estimate of drug-likeness (QED) is 0.760. The van der Waals surface area contributed by atoms with E-state index in [2.05, 4.69) is 10.6 Å². The van der Waals surface area contributed by atoms with Gasteiger partial charge in [0.25, 0.3) is 0 Å². The maximum atomic E-state index is 13.2. The lowest BCUT2D eigenvalue weighted by Crippen LogP contribution is -2.24. The molecule has 0 saturated carbocycles. The molecule has 0 fully saturated rings. The molecule has 1 amide bonds. The van der Waals surface area contributed by atoms with Crippen LogP contribution in [0.1, 0.15) is 11.1 Å². The lowest BCUT2D eigenvalue weighted by atomic mass is 10.1. The Labute approximate surface area is 163 Å². The standard InChI is InChI=1S/C18H21ClFN3O3S/c1-11-7-14(27(25,26)23(3)4)9-17(12(11)2)21-10-18(24)22-13-5-6-16(20)15(19)8-13/h5-9,21H,10H2,1-4H3,(H,22,24). The third-order valence-electron chi connectivity index (χ3n) is 4.06. The Balaban J connectivity index is 2.16. The second-order valence-corrected chi connectivity index (χ2v) is 8.79. The van der Waals surface area contributed by atoms with E-state index in [1.54, 1.807) is 13.0 Å². The van der Waals surface area contributed by atoms with Gasteiger partial charge < -0.3 is 10.6 Å². The Morgan fingerprint density at radius 1 is 1.19 bits per heavy atom. The first-order valence-electron chi connectivity index (χ1n) is 8.05. The van der Waals surface area contributed by atoms with Crippen LogP contribution in [-0.2, 0) is 14.8 Å². The first-order valence-corrected chi connectivity index (χ1v) is 9.86. The highest BCUT2D eigenvalue weighted by Gasteiger charge is 2.19. The Bertz CT molecular complexity index is 978. The van der Waals surface area contributed by atoms with E-state index < -0.39 is 15.8 Å². The van der Waals surface area contributed by atoms with Gasteiger partial charge in [-0.25, -0.2) is 17.1 Å². The van der Waals surface area contributed by atoms with Crippen LogP contribution in [0.5, 0.6) is 0 Å². The molecule has 0 unspecified atom stereocenters. The fourth-order valence-corrected chi connectivity index (χ4v) is 3.52. The van der Waals surface area contributed by atoms with Gasteiger partial charge in [0, 0.05) is 25.5 Å². The van der Waals surface area contributed by atoms with Crippen LogP contribution < -0.4 is 10.6 Å². The molecule has 0 radical (unpaired) electrons. The Morgan fingerprint density at radius 2 is 1.85 bits per heavy atom. The molecule has 0 aliphatic heterocycles. The molecule has 0 atom stereocenters. The molecule has 9 heteroatoms. The second-order valence-electron chi connectivity index (χ2n) is 6.23. The molecule has 0 bridgehead atoms. The number of hydrogen-bond acceptors (Lipinski definition) is 4. The molecule has 2 N–H and O–H groups in total. The number of rotatable bonds is 6. The number of nitrogens with zero attached hydrogens (tertiary/aromatic N) is 1. The number of benzene rings is 2. The van der Waals surface area contributed by atoms with Crippen LogP contribution in [0.2, 0.25) is 5.02 Å². The minimum atomic E-state index is -3.59. The number of amides is 1. The van der Waals surface area contributed by atoms with Crippen LogP contribution in [0.25, 0.3) is 0 Å². The normalized spacial score (nSPS) is 11.5. The molecule has 2 aromatic carbocycles. The second kappa shape index (κ2) is 8.24. The molecule has 0 aliphatic rings. The highest BCUT2D eigenvalue weighted by Crippen LogP contribution is 2.25. The lowest BCUT2D eigenvalue weighted by molar-refractivity contribution is -0.114. The van der Waals surface area contributed by atoms with E-state index in [1.165, 1.54) is 32.3 Å². The van der Waals surface area contributed by atoms with Crippen molar-refractivity contribution in [3.8, 4) is 0 Å². The van der Waals surface area contributed by atoms with Crippen LogP contribution >= 0.6 is 11.6 Å².